The van der Waals surface area contributed by atoms with Crippen LogP contribution < -0.4 is 0 Å². The fourth-order valence-corrected chi connectivity index (χ4v) is 8.72. The van der Waals surface area contributed by atoms with Crippen molar-refractivity contribution in [3.63, 3.8) is 0 Å². The monoisotopic (exact) mass is 306 g/mol. The van der Waals surface area contributed by atoms with Gasteiger partial charge < -0.3 is 10.2 Å². The van der Waals surface area contributed by atoms with Crippen LogP contribution in [-0.2, 0) is 0 Å². The summed E-state index contributed by atoms with van der Waals surface area (Å²) in [5.74, 6) is 1.20. The molecule has 0 saturated heterocycles. The Kier molecular flexibility index (Phi) is 2.76. The van der Waals surface area contributed by atoms with Crippen LogP contribution in [0, 0.1) is 33.5 Å². The number of aliphatic hydroxyl groups excluding tert-OH is 1. The van der Waals surface area contributed by atoms with Crippen LogP contribution in [0.15, 0.2) is 0 Å². The van der Waals surface area contributed by atoms with E-state index in [2.05, 4.69) is 27.7 Å². The van der Waals surface area contributed by atoms with Gasteiger partial charge >= 0.3 is 0 Å². The van der Waals surface area contributed by atoms with Crippen molar-refractivity contribution >= 4 is 0 Å². The fraction of sp³-hybridized carbons (Fsp3) is 1.00. The zero-order chi connectivity index (χ0) is 16.2. The summed E-state index contributed by atoms with van der Waals surface area (Å²) in [6, 6.07) is 0. The molecule has 126 valence electrons. The first kappa shape index (κ1) is 15.4. The molecule has 2 spiro atoms. The van der Waals surface area contributed by atoms with Gasteiger partial charge in [-0.15, -0.1) is 0 Å². The largest absolute Gasteiger partial charge is 0.390 e. The maximum absolute atomic E-state index is 11.5. The van der Waals surface area contributed by atoms with Crippen molar-refractivity contribution in [3.8, 4) is 0 Å². The summed E-state index contributed by atoms with van der Waals surface area (Å²) in [5, 5.41) is 22.4. The first-order valence-electron chi connectivity index (χ1n) is 9.43. The molecule has 4 fully saturated rings. The molecule has 2 heteroatoms. The van der Waals surface area contributed by atoms with Gasteiger partial charge in [-0.2, -0.15) is 0 Å². The minimum absolute atomic E-state index is 0.0719. The molecule has 4 rings (SSSR count). The van der Waals surface area contributed by atoms with E-state index in [1.807, 2.05) is 6.92 Å². The van der Waals surface area contributed by atoms with Crippen molar-refractivity contribution in [2.45, 2.75) is 91.3 Å². The quantitative estimate of drug-likeness (QED) is 0.706. The van der Waals surface area contributed by atoms with E-state index in [-0.39, 0.29) is 10.8 Å². The Hall–Kier alpha value is -0.0800. The lowest BCUT2D eigenvalue weighted by atomic mass is 9.46. The molecule has 2 N–H and O–H groups in total. The van der Waals surface area contributed by atoms with Gasteiger partial charge in [-0.3, -0.25) is 0 Å². The van der Waals surface area contributed by atoms with Crippen LogP contribution in [0.5, 0.6) is 0 Å². The maximum Gasteiger partial charge on any atom is 0.0941 e. The predicted octanol–water partition coefficient (Wildman–Crippen LogP) is 4.14. The first-order chi connectivity index (χ1) is 10.0. The summed E-state index contributed by atoms with van der Waals surface area (Å²) < 4.78 is 0. The van der Waals surface area contributed by atoms with Crippen molar-refractivity contribution in [1.29, 1.82) is 0 Å². The van der Waals surface area contributed by atoms with Gasteiger partial charge in [0.15, 0.2) is 0 Å². The highest BCUT2D eigenvalue weighted by atomic mass is 16.3. The average molecular weight is 306 g/mol. The second-order valence-corrected chi connectivity index (χ2v) is 10.6. The predicted molar refractivity (Wildman–Crippen MR) is 88.4 cm³/mol. The van der Waals surface area contributed by atoms with Crippen LogP contribution in [0.3, 0.4) is 0 Å². The maximum atomic E-state index is 11.5. The van der Waals surface area contributed by atoms with E-state index >= 15 is 0 Å². The van der Waals surface area contributed by atoms with Gasteiger partial charge in [0.05, 0.1) is 11.7 Å². The van der Waals surface area contributed by atoms with Crippen LogP contribution >= 0.6 is 0 Å². The van der Waals surface area contributed by atoms with E-state index in [1.54, 1.807) is 0 Å². The molecular formula is C20H34O2. The molecule has 2 nitrogen and oxygen atoms in total. The van der Waals surface area contributed by atoms with E-state index in [0.29, 0.717) is 22.7 Å². The van der Waals surface area contributed by atoms with Crippen molar-refractivity contribution in [2.75, 3.05) is 0 Å². The highest BCUT2D eigenvalue weighted by Crippen LogP contribution is 2.85. The molecule has 0 aromatic heterocycles. The van der Waals surface area contributed by atoms with Crippen molar-refractivity contribution in [2.24, 2.45) is 33.5 Å². The van der Waals surface area contributed by atoms with Gasteiger partial charge in [0.2, 0.25) is 0 Å². The number of aliphatic hydroxyl groups is 2. The van der Waals surface area contributed by atoms with E-state index in [0.717, 1.165) is 12.8 Å². The lowest BCUT2D eigenvalue weighted by Gasteiger charge is -2.58. The molecule has 0 aliphatic heterocycles. The number of hydrogen-bond donors (Lipinski definition) is 2. The molecule has 0 bridgehead atoms. The molecule has 0 amide bonds. The van der Waals surface area contributed by atoms with Crippen LogP contribution in [0.25, 0.3) is 0 Å². The second-order valence-electron chi connectivity index (χ2n) is 10.6. The first-order valence-corrected chi connectivity index (χ1v) is 9.43. The van der Waals surface area contributed by atoms with Crippen LogP contribution in [0.2, 0.25) is 0 Å². The van der Waals surface area contributed by atoms with Crippen LogP contribution in [0.1, 0.15) is 79.6 Å². The molecule has 0 heterocycles. The van der Waals surface area contributed by atoms with Crippen LogP contribution in [0.4, 0.5) is 0 Å². The summed E-state index contributed by atoms with van der Waals surface area (Å²) >= 11 is 0. The molecule has 4 aliphatic rings. The molecule has 22 heavy (non-hydrogen) atoms. The Morgan fingerprint density at radius 1 is 0.955 bits per heavy atom. The third-order valence-corrected chi connectivity index (χ3v) is 9.10. The zero-order valence-corrected chi connectivity index (χ0v) is 15.1. The van der Waals surface area contributed by atoms with Gasteiger partial charge in [-0.25, -0.2) is 0 Å². The lowest BCUT2D eigenvalue weighted by molar-refractivity contribution is -0.167. The average Bonchev–Trinajstić information content (AvgIpc) is 2.82. The van der Waals surface area contributed by atoms with E-state index in [1.165, 1.54) is 32.1 Å². The second kappa shape index (κ2) is 3.94. The minimum Gasteiger partial charge on any atom is -0.390 e. The number of hydrogen-bond acceptors (Lipinski definition) is 2. The SMILES string of the molecule is C[C@@H]1CCC[C@@]2(C)C[C@H]3CC(C)(C)C[C@@]34[C@@]12C[C@H](O)[C@]4(C)O. The third-order valence-electron chi connectivity index (χ3n) is 9.10. The summed E-state index contributed by atoms with van der Waals surface area (Å²) in [5.41, 5.74) is -0.247. The standard InChI is InChI=1S/C20H34O2/c1-13-7-6-8-17(4)10-14-9-16(2,3)12-20(14)18(5,22)15(21)11-19(13,17)20/h13-15,21-22H,6-12H2,1-5H3/t13-,14-,15+,17+,18+,19+,20-/m1/s1. The normalized spacial score (nSPS) is 62.6. The summed E-state index contributed by atoms with van der Waals surface area (Å²) in [7, 11) is 0. The molecule has 0 radical (unpaired) electrons. The fourth-order valence-electron chi connectivity index (χ4n) is 8.72. The van der Waals surface area contributed by atoms with E-state index in [9.17, 15) is 10.2 Å². The van der Waals surface area contributed by atoms with Gasteiger partial charge in [-0.1, -0.05) is 40.5 Å². The van der Waals surface area contributed by atoms with Gasteiger partial charge in [-0.05, 0) is 67.1 Å². The molecule has 4 aliphatic carbocycles. The molecule has 0 aromatic rings. The minimum atomic E-state index is -0.922. The Balaban J connectivity index is 1.98. The van der Waals surface area contributed by atoms with Gasteiger partial charge in [0.1, 0.15) is 0 Å². The molecular weight excluding hydrogens is 272 g/mol. The van der Waals surface area contributed by atoms with E-state index < -0.39 is 11.7 Å². The Bertz CT molecular complexity index is 510. The molecule has 0 aromatic carbocycles. The molecule has 7 atom stereocenters. The summed E-state index contributed by atoms with van der Waals surface area (Å²) in [6.07, 6.45) is 7.74. The van der Waals surface area contributed by atoms with Crippen LogP contribution in [-0.4, -0.2) is 21.9 Å². The summed E-state index contributed by atoms with van der Waals surface area (Å²) in [6.45, 7) is 11.6. The highest BCUT2D eigenvalue weighted by Gasteiger charge is 2.83. The Labute approximate surface area is 135 Å². The van der Waals surface area contributed by atoms with Crippen molar-refractivity contribution in [3.05, 3.63) is 0 Å². The summed E-state index contributed by atoms with van der Waals surface area (Å²) in [4.78, 5) is 0. The zero-order valence-electron chi connectivity index (χ0n) is 15.1. The lowest BCUT2D eigenvalue weighted by Crippen LogP contribution is -2.57. The van der Waals surface area contributed by atoms with Crippen molar-refractivity contribution in [1.82, 2.24) is 0 Å². The van der Waals surface area contributed by atoms with Gasteiger partial charge in [0, 0.05) is 5.41 Å². The third kappa shape index (κ3) is 1.34. The molecule has 0 unspecified atom stereocenters. The van der Waals surface area contributed by atoms with E-state index in [4.69, 9.17) is 0 Å². The Morgan fingerprint density at radius 2 is 1.64 bits per heavy atom. The smallest absolute Gasteiger partial charge is 0.0941 e. The van der Waals surface area contributed by atoms with Gasteiger partial charge in [0.25, 0.3) is 0 Å². The van der Waals surface area contributed by atoms with Crippen molar-refractivity contribution < 1.29 is 10.2 Å². The topological polar surface area (TPSA) is 40.5 Å². The Morgan fingerprint density at radius 3 is 2.32 bits per heavy atom. The highest BCUT2D eigenvalue weighted by molar-refractivity contribution is 5.32. The molecule has 4 saturated carbocycles. The number of rotatable bonds is 0.